The number of thiophene rings is 1. The fourth-order valence-electron chi connectivity index (χ4n) is 3.92. The Hall–Kier alpha value is -3.71. The molecule has 1 aliphatic rings. The number of nitrogens with zero attached hydrogens (tertiary/aromatic N) is 2. The number of nitrogens with one attached hydrogen (secondary N) is 1. The quantitative estimate of drug-likeness (QED) is 0.473. The first kappa shape index (κ1) is 18.3. The predicted molar refractivity (Wildman–Crippen MR) is 114 cm³/mol. The lowest BCUT2D eigenvalue weighted by atomic mass is 9.95. The van der Waals surface area contributed by atoms with Gasteiger partial charge in [0.1, 0.15) is 0 Å². The molecule has 4 heterocycles. The van der Waals surface area contributed by atoms with Gasteiger partial charge in [-0.25, -0.2) is 0 Å². The number of aliphatic hydroxyl groups is 1. The van der Waals surface area contributed by atoms with E-state index in [0.717, 1.165) is 22.0 Å². The topological polar surface area (TPSA) is 86.3 Å². The second-order valence-corrected chi connectivity index (χ2v) is 8.00. The Bertz CT molecular complexity index is 1280. The Morgan fingerprint density at radius 2 is 2.03 bits per heavy atom. The molecule has 5 rings (SSSR count). The van der Waals surface area contributed by atoms with Crippen LogP contribution >= 0.6 is 11.3 Å². The summed E-state index contributed by atoms with van der Waals surface area (Å²) in [6.45, 7) is 0.224. The molecule has 4 aromatic rings. The smallest absolute Gasteiger partial charge is 0.290 e. The summed E-state index contributed by atoms with van der Waals surface area (Å²) in [4.78, 5) is 35.7. The summed E-state index contributed by atoms with van der Waals surface area (Å²) < 4.78 is 0. The van der Waals surface area contributed by atoms with E-state index in [1.54, 1.807) is 42.2 Å². The molecule has 3 aromatic heterocycles. The number of rotatable bonds is 5. The third-order valence-corrected chi connectivity index (χ3v) is 6.15. The van der Waals surface area contributed by atoms with E-state index in [0.29, 0.717) is 4.88 Å². The van der Waals surface area contributed by atoms with Gasteiger partial charge in [-0.1, -0.05) is 30.3 Å². The molecule has 148 valence electrons. The maximum absolute atomic E-state index is 13.3. The summed E-state index contributed by atoms with van der Waals surface area (Å²) in [6, 6.07) is 14.1. The van der Waals surface area contributed by atoms with Crippen molar-refractivity contribution in [1.82, 2.24) is 14.9 Å². The summed E-state index contributed by atoms with van der Waals surface area (Å²) in [5, 5.41) is 13.5. The number of hydrogen-bond donors (Lipinski definition) is 2. The van der Waals surface area contributed by atoms with Crippen molar-refractivity contribution < 1.29 is 14.7 Å². The van der Waals surface area contributed by atoms with Gasteiger partial charge in [0.05, 0.1) is 16.5 Å². The van der Waals surface area contributed by atoms with Crippen LogP contribution in [0.2, 0.25) is 0 Å². The number of fused-ring (bicyclic) bond motifs is 1. The lowest BCUT2D eigenvalue weighted by molar-refractivity contribution is -0.130. The fourth-order valence-corrected chi connectivity index (χ4v) is 4.60. The molecule has 1 amide bonds. The van der Waals surface area contributed by atoms with Crippen LogP contribution in [-0.4, -0.2) is 31.7 Å². The number of benzene rings is 1. The molecular weight excluding hydrogens is 398 g/mol. The van der Waals surface area contributed by atoms with Gasteiger partial charge in [0.2, 0.25) is 5.78 Å². The van der Waals surface area contributed by atoms with Gasteiger partial charge in [0.15, 0.2) is 5.76 Å². The van der Waals surface area contributed by atoms with Crippen LogP contribution in [0.3, 0.4) is 0 Å². The number of Topliss-reactive ketones (excluding diaryl/α,β-unsaturated/α-hetero) is 1. The lowest BCUT2D eigenvalue weighted by Gasteiger charge is -2.26. The number of aliphatic hydroxyl groups excluding tert-OH is 1. The maximum Gasteiger partial charge on any atom is 0.290 e. The Morgan fingerprint density at radius 3 is 2.80 bits per heavy atom. The van der Waals surface area contributed by atoms with Crippen molar-refractivity contribution in [2.75, 3.05) is 0 Å². The second kappa shape index (κ2) is 7.27. The van der Waals surface area contributed by atoms with Crippen LogP contribution in [0.5, 0.6) is 0 Å². The number of ketones is 1. The highest BCUT2D eigenvalue weighted by Crippen LogP contribution is 2.42. The Labute approximate surface area is 176 Å². The summed E-state index contributed by atoms with van der Waals surface area (Å²) in [5.41, 5.74) is 2.59. The molecule has 0 fully saturated rings. The van der Waals surface area contributed by atoms with Crippen molar-refractivity contribution >= 4 is 33.9 Å². The Balaban J connectivity index is 1.66. The van der Waals surface area contributed by atoms with Gasteiger partial charge >= 0.3 is 0 Å². The van der Waals surface area contributed by atoms with E-state index in [2.05, 4.69) is 9.97 Å². The molecule has 0 radical (unpaired) electrons. The van der Waals surface area contributed by atoms with Crippen LogP contribution in [-0.2, 0) is 11.3 Å². The number of carbonyl (C=O) groups excluding carboxylic acids is 2. The van der Waals surface area contributed by atoms with E-state index in [9.17, 15) is 14.7 Å². The van der Waals surface area contributed by atoms with Gasteiger partial charge in [0.25, 0.3) is 5.91 Å². The van der Waals surface area contributed by atoms with Gasteiger partial charge in [-0.2, -0.15) is 0 Å². The van der Waals surface area contributed by atoms with Crippen molar-refractivity contribution in [3.63, 3.8) is 0 Å². The van der Waals surface area contributed by atoms with Crippen LogP contribution in [0, 0.1) is 0 Å². The molecule has 7 heteroatoms. The average Bonchev–Trinajstić information content (AvgIpc) is 3.50. The highest BCUT2D eigenvalue weighted by Gasteiger charge is 2.44. The molecule has 1 aliphatic heterocycles. The van der Waals surface area contributed by atoms with Crippen LogP contribution < -0.4 is 0 Å². The molecular formula is C23H17N3O3S. The van der Waals surface area contributed by atoms with Gasteiger partial charge in [-0.05, 0) is 29.1 Å². The van der Waals surface area contributed by atoms with Crippen LogP contribution in [0.15, 0.2) is 83.8 Å². The Morgan fingerprint density at radius 1 is 1.17 bits per heavy atom. The van der Waals surface area contributed by atoms with E-state index in [-0.39, 0.29) is 17.9 Å². The second-order valence-electron chi connectivity index (χ2n) is 7.06. The number of carbonyl (C=O) groups is 2. The molecule has 30 heavy (non-hydrogen) atoms. The Kier molecular flexibility index (Phi) is 4.44. The van der Waals surface area contributed by atoms with E-state index in [4.69, 9.17) is 0 Å². The minimum absolute atomic E-state index is 0.107. The van der Waals surface area contributed by atoms with E-state index >= 15 is 0 Å². The molecule has 0 aliphatic carbocycles. The van der Waals surface area contributed by atoms with Crippen LogP contribution in [0.25, 0.3) is 10.9 Å². The first-order valence-corrected chi connectivity index (χ1v) is 10.3. The van der Waals surface area contributed by atoms with Gasteiger partial charge < -0.3 is 15.0 Å². The third-order valence-electron chi connectivity index (χ3n) is 5.28. The normalized spacial score (nSPS) is 16.6. The standard InChI is InChI=1S/C23H17N3O3S/c27-21(18-8-4-10-30-18)19-20(16-12-25-17-7-2-1-6-15(16)17)26(23(29)22(19)28)13-14-5-3-9-24-11-14/h1-12,20,25,28H,13H2. The van der Waals surface area contributed by atoms with E-state index < -0.39 is 17.7 Å². The van der Waals surface area contributed by atoms with Crippen LogP contribution in [0.4, 0.5) is 0 Å². The van der Waals surface area contributed by atoms with Crippen molar-refractivity contribution in [2.45, 2.75) is 12.6 Å². The van der Waals surface area contributed by atoms with Gasteiger partial charge in [-0.3, -0.25) is 14.6 Å². The predicted octanol–water partition coefficient (Wildman–Crippen LogP) is 4.40. The highest BCUT2D eigenvalue weighted by molar-refractivity contribution is 7.12. The van der Waals surface area contributed by atoms with Crippen molar-refractivity contribution in [2.24, 2.45) is 0 Å². The molecule has 0 saturated heterocycles. The first-order valence-electron chi connectivity index (χ1n) is 9.42. The summed E-state index contributed by atoms with van der Waals surface area (Å²) >= 11 is 1.29. The number of aromatic amines is 1. The molecule has 0 saturated carbocycles. The summed E-state index contributed by atoms with van der Waals surface area (Å²) in [5.74, 6) is -1.39. The van der Waals surface area contributed by atoms with Crippen molar-refractivity contribution in [3.05, 3.63) is 99.8 Å². The van der Waals surface area contributed by atoms with Gasteiger partial charge in [-0.15, -0.1) is 11.3 Å². The largest absolute Gasteiger partial charge is 0.503 e. The van der Waals surface area contributed by atoms with Gasteiger partial charge in [0, 0.05) is 41.6 Å². The fraction of sp³-hybridized carbons (Fsp3) is 0.0870. The molecule has 1 aromatic carbocycles. The SMILES string of the molecule is O=C(C1=C(O)C(=O)N(Cc2cccnc2)C1c1c[nH]c2ccccc12)c1cccs1. The molecule has 0 bridgehead atoms. The minimum atomic E-state index is -0.705. The molecule has 2 N–H and O–H groups in total. The number of hydrogen-bond acceptors (Lipinski definition) is 5. The molecule has 1 unspecified atom stereocenters. The number of amides is 1. The number of para-hydroxylation sites is 1. The lowest BCUT2D eigenvalue weighted by Crippen LogP contribution is -2.30. The van der Waals surface area contributed by atoms with E-state index in [1.165, 1.54) is 16.2 Å². The highest BCUT2D eigenvalue weighted by atomic mass is 32.1. The monoisotopic (exact) mass is 415 g/mol. The molecule has 0 spiro atoms. The maximum atomic E-state index is 13.3. The van der Waals surface area contributed by atoms with Crippen molar-refractivity contribution in [3.8, 4) is 0 Å². The molecule has 6 nitrogen and oxygen atoms in total. The number of aromatic nitrogens is 2. The number of H-pyrrole nitrogens is 1. The zero-order valence-corrected chi connectivity index (χ0v) is 16.6. The third kappa shape index (κ3) is 2.91. The first-order chi connectivity index (χ1) is 14.6. The van der Waals surface area contributed by atoms with E-state index in [1.807, 2.05) is 30.3 Å². The average molecular weight is 415 g/mol. The number of pyridine rings is 1. The van der Waals surface area contributed by atoms with Crippen molar-refractivity contribution in [1.29, 1.82) is 0 Å². The van der Waals surface area contributed by atoms with Crippen LogP contribution in [0.1, 0.15) is 26.8 Å². The zero-order chi connectivity index (χ0) is 20.7. The molecule has 1 atom stereocenters. The summed E-state index contributed by atoms with van der Waals surface area (Å²) in [6.07, 6.45) is 5.14. The minimum Gasteiger partial charge on any atom is -0.503 e. The summed E-state index contributed by atoms with van der Waals surface area (Å²) in [7, 11) is 0. The zero-order valence-electron chi connectivity index (χ0n) is 15.8.